The number of ketones is 1. The first-order valence-electron chi connectivity index (χ1n) is 10.3. The third kappa shape index (κ3) is 7.08. The minimum absolute atomic E-state index is 0.139. The Morgan fingerprint density at radius 1 is 0.743 bits per heavy atom. The summed E-state index contributed by atoms with van der Waals surface area (Å²) in [5.41, 5.74) is 0.998. The highest BCUT2D eigenvalue weighted by Crippen LogP contribution is 2.39. The smallest absolute Gasteiger partial charge is 0.422 e. The third-order valence-corrected chi connectivity index (χ3v) is 5.04. The fraction of sp³-hybridized carbons (Fsp3) is 0.200. The molecule has 0 spiro atoms. The van der Waals surface area contributed by atoms with Gasteiger partial charge in [-0.05, 0) is 16.7 Å². The number of Topliss-reactive ketones (excluding diaryl/α,β-unsaturated/α-hetero) is 1. The normalized spacial score (nSPS) is 13.5. The van der Waals surface area contributed by atoms with Crippen molar-refractivity contribution in [3.8, 4) is 11.1 Å². The van der Waals surface area contributed by atoms with Gasteiger partial charge in [0.25, 0.3) is 0 Å². The van der Waals surface area contributed by atoms with Crippen LogP contribution in [-0.4, -0.2) is 30.8 Å². The van der Waals surface area contributed by atoms with Gasteiger partial charge in [0.1, 0.15) is 5.92 Å². The van der Waals surface area contributed by atoms with E-state index < -0.39 is 42.8 Å². The molecule has 35 heavy (non-hydrogen) atoms. The molecule has 1 N–H and O–H groups in total. The van der Waals surface area contributed by atoms with Gasteiger partial charge in [-0.2, -0.15) is 26.3 Å². The van der Waals surface area contributed by atoms with Gasteiger partial charge in [-0.25, -0.2) is 4.79 Å². The van der Waals surface area contributed by atoms with Crippen molar-refractivity contribution in [3.05, 3.63) is 96.1 Å². The summed E-state index contributed by atoms with van der Waals surface area (Å²) in [5, 5.41) is 1.82. The van der Waals surface area contributed by atoms with Crippen molar-refractivity contribution in [1.82, 2.24) is 5.32 Å². The quantitative estimate of drug-likeness (QED) is 0.292. The summed E-state index contributed by atoms with van der Waals surface area (Å²) >= 11 is 0. The van der Waals surface area contributed by atoms with Crippen LogP contribution in [-0.2, 0) is 4.74 Å². The lowest BCUT2D eigenvalue weighted by Crippen LogP contribution is -2.44. The summed E-state index contributed by atoms with van der Waals surface area (Å²) in [5.74, 6) is -4.14. The molecule has 184 valence electrons. The van der Waals surface area contributed by atoms with Crippen LogP contribution in [0.1, 0.15) is 22.0 Å². The Morgan fingerprint density at radius 2 is 1.26 bits per heavy atom. The van der Waals surface area contributed by atoms with Gasteiger partial charge in [0.2, 0.25) is 0 Å². The molecule has 0 radical (unpaired) electrons. The molecular weight excluding hydrogens is 476 g/mol. The molecule has 3 aromatic carbocycles. The maximum atomic E-state index is 14.2. The molecule has 0 aliphatic rings. The molecule has 0 saturated heterocycles. The predicted molar refractivity (Wildman–Crippen MR) is 115 cm³/mol. The molecule has 0 fully saturated rings. The van der Waals surface area contributed by atoms with Crippen LogP contribution in [0.25, 0.3) is 11.1 Å². The Balaban J connectivity index is 2.00. The molecular formula is C25H19F6NO3. The first kappa shape index (κ1) is 25.8. The number of alkyl halides is 6. The zero-order chi connectivity index (χ0) is 25.6. The van der Waals surface area contributed by atoms with E-state index in [4.69, 9.17) is 0 Å². The monoisotopic (exact) mass is 495 g/mol. The lowest BCUT2D eigenvalue weighted by atomic mass is 9.85. The molecule has 0 bridgehead atoms. The molecule has 0 aliphatic carbocycles. The van der Waals surface area contributed by atoms with Crippen LogP contribution in [0, 0.1) is 5.92 Å². The minimum atomic E-state index is -5.15. The van der Waals surface area contributed by atoms with Crippen molar-refractivity contribution in [2.24, 2.45) is 5.92 Å². The van der Waals surface area contributed by atoms with Crippen LogP contribution in [0.5, 0.6) is 0 Å². The highest BCUT2D eigenvalue weighted by Gasteiger charge is 2.51. The van der Waals surface area contributed by atoms with Crippen molar-refractivity contribution in [2.45, 2.75) is 18.4 Å². The van der Waals surface area contributed by atoms with Crippen LogP contribution in [0.2, 0.25) is 0 Å². The van der Waals surface area contributed by atoms with E-state index in [1.54, 1.807) is 30.3 Å². The maximum absolute atomic E-state index is 14.2. The van der Waals surface area contributed by atoms with Gasteiger partial charge in [-0.1, -0.05) is 84.9 Å². The van der Waals surface area contributed by atoms with Crippen molar-refractivity contribution >= 4 is 11.9 Å². The van der Waals surface area contributed by atoms with E-state index in [9.17, 15) is 35.9 Å². The zero-order valence-corrected chi connectivity index (χ0v) is 17.9. The number of nitrogens with one attached hydrogen (secondary N) is 1. The van der Waals surface area contributed by atoms with Gasteiger partial charge >= 0.3 is 18.4 Å². The number of halogens is 6. The van der Waals surface area contributed by atoms with Crippen LogP contribution < -0.4 is 5.32 Å². The number of hydrogen-bond acceptors (Lipinski definition) is 3. The topological polar surface area (TPSA) is 55.4 Å². The summed E-state index contributed by atoms with van der Waals surface area (Å²) in [4.78, 5) is 24.9. The van der Waals surface area contributed by atoms with Crippen molar-refractivity contribution in [2.75, 3.05) is 6.61 Å². The molecule has 3 rings (SSSR count). The molecule has 3 aromatic rings. The van der Waals surface area contributed by atoms with E-state index in [0.29, 0.717) is 5.56 Å². The first-order valence-corrected chi connectivity index (χ1v) is 10.3. The molecule has 2 atom stereocenters. The Hall–Kier alpha value is -3.82. The van der Waals surface area contributed by atoms with E-state index in [1.165, 1.54) is 54.6 Å². The highest BCUT2D eigenvalue weighted by atomic mass is 19.4. The summed E-state index contributed by atoms with van der Waals surface area (Å²) < 4.78 is 83.9. The van der Waals surface area contributed by atoms with Crippen LogP contribution in [0.3, 0.4) is 0 Å². The SMILES string of the molecule is O=C(NC(c1ccc(-c2ccccc2)cc1)C(C(=O)c1ccccc1)C(F)(F)F)OCC(F)(F)F. The lowest BCUT2D eigenvalue weighted by Gasteiger charge is -2.29. The van der Waals surface area contributed by atoms with Crippen LogP contribution >= 0.6 is 0 Å². The van der Waals surface area contributed by atoms with Gasteiger partial charge in [0.05, 0.1) is 6.04 Å². The van der Waals surface area contributed by atoms with E-state index in [2.05, 4.69) is 4.74 Å². The van der Waals surface area contributed by atoms with E-state index in [-0.39, 0.29) is 11.1 Å². The largest absolute Gasteiger partial charge is 0.440 e. The fourth-order valence-corrected chi connectivity index (χ4v) is 3.46. The molecule has 0 aliphatic heterocycles. The second-order valence-corrected chi connectivity index (χ2v) is 7.55. The Kier molecular flexibility index (Phi) is 7.83. The second kappa shape index (κ2) is 10.6. The van der Waals surface area contributed by atoms with E-state index >= 15 is 0 Å². The maximum Gasteiger partial charge on any atom is 0.422 e. The zero-order valence-electron chi connectivity index (χ0n) is 17.9. The van der Waals surface area contributed by atoms with Crippen LogP contribution in [0.15, 0.2) is 84.9 Å². The molecule has 0 aromatic heterocycles. The summed E-state index contributed by atoms with van der Waals surface area (Å²) in [6.45, 7) is -2.00. The Bertz CT molecular complexity index is 1130. The fourth-order valence-electron chi connectivity index (χ4n) is 3.46. The van der Waals surface area contributed by atoms with Crippen LogP contribution in [0.4, 0.5) is 31.1 Å². The number of amides is 1. The highest BCUT2D eigenvalue weighted by molar-refractivity contribution is 5.99. The summed E-state index contributed by atoms with van der Waals surface area (Å²) in [6.07, 6.45) is -11.8. The number of carbonyl (C=O) groups is 2. The van der Waals surface area contributed by atoms with Crippen molar-refractivity contribution in [3.63, 3.8) is 0 Å². The van der Waals surface area contributed by atoms with Gasteiger partial charge in [0, 0.05) is 5.56 Å². The molecule has 0 heterocycles. The third-order valence-electron chi connectivity index (χ3n) is 5.04. The van der Waals surface area contributed by atoms with Gasteiger partial charge < -0.3 is 10.1 Å². The Labute approximate surface area is 196 Å². The van der Waals surface area contributed by atoms with E-state index in [1.807, 2.05) is 5.32 Å². The number of ether oxygens (including phenoxy) is 1. The Morgan fingerprint density at radius 3 is 1.77 bits per heavy atom. The number of hydrogen-bond donors (Lipinski definition) is 1. The number of alkyl carbamates (subject to hydrolysis) is 1. The van der Waals surface area contributed by atoms with Gasteiger partial charge in [0.15, 0.2) is 12.4 Å². The molecule has 2 unspecified atom stereocenters. The van der Waals surface area contributed by atoms with Crippen molar-refractivity contribution < 1.29 is 40.7 Å². The second-order valence-electron chi connectivity index (χ2n) is 7.55. The van der Waals surface area contributed by atoms with Crippen molar-refractivity contribution in [1.29, 1.82) is 0 Å². The lowest BCUT2D eigenvalue weighted by molar-refractivity contribution is -0.170. The summed E-state index contributed by atoms with van der Waals surface area (Å²) in [7, 11) is 0. The standard InChI is InChI=1S/C25H19F6NO3/c26-24(27,28)15-35-23(34)32-21(18-13-11-17(12-14-18)16-7-3-1-4-8-16)20(25(29,30)31)22(33)19-9-5-2-6-10-19/h1-14,20-21H,15H2,(H,32,34). The summed E-state index contributed by atoms with van der Waals surface area (Å²) in [6, 6.07) is 18.9. The molecule has 0 saturated carbocycles. The first-order chi connectivity index (χ1) is 16.5. The van der Waals surface area contributed by atoms with Gasteiger partial charge in [-0.15, -0.1) is 0 Å². The van der Waals surface area contributed by atoms with Gasteiger partial charge in [-0.3, -0.25) is 4.79 Å². The average molecular weight is 495 g/mol. The van der Waals surface area contributed by atoms with E-state index in [0.717, 1.165) is 5.56 Å². The minimum Gasteiger partial charge on any atom is -0.440 e. The number of carbonyl (C=O) groups excluding carboxylic acids is 2. The molecule has 4 nitrogen and oxygen atoms in total. The molecule has 1 amide bonds. The molecule has 10 heteroatoms. The number of benzene rings is 3. The average Bonchev–Trinajstić information content (AvgIpc) is 2.82. The number of rotatable bonds is 7. The predicted octanol–water partition coefficient (Wildman–Crippen LogP) is 6.74.